The van der Waals surface area contributed by atoms with Gasteiger partial charge in [0.15, 0.2) is 5.75 Å². The van der Waals surface area contributed by atoms with E-state index in [1.807, 2.05) is 0 Å². The zero-order valence-corrected chi connectivity index (χ0v) is 5.57. The van der Waals surface area contributed by atoms with Gasteiger partial charge in [-0.1, -0.05) is 0 Å². The van der Waals surface area contributed by atoms with Crippen LogP contribution in [0.5, 0.6) is 5.75 Å². The number of fused-ring (bicyclic) bond motifs is 1. The lowest BCUT2D eigenvalue weighted by Crippen LogP contribution is -2.33. The molecule has 5 heteroatoms. The molecular weight excluding hydrogens is 146 g/mol. The highest BCUT2D eigenvalue weighted by Crippen LogP contribution is 2.16. The third-order valence-corrected chi connectivity index (χ3v) is 1.36. The van der Waals surface area contributed by atoms with Crippen LogP contribution in [0.25, 0.3) is 0 Å². The predicted molar refractivity (Wildman–Crippen MR) is 34.5 cm³/mol. The number of hydrogen-bond acceptors (Lipinski definition) is 4. The summed E-state index contributed by atoms with van der Waals surface area (Å²) in [5, 5.41) is 7.36. The third kappa shape index (κ3) is 1.000. The van der Waals surface area contributed by atoms with Crippen molar-refractivity contribution < 1.29 is 9.63 Å². The largest absolute Gasteiger partial charge is 0.377 e. The first kappa shape index (κ1) is 6.09. The number of carbonyl (C=O) groups excluding carboxylic acids is 1. The van der Waals surface area contributed by atoms with Crippen molar-refractivity contribution in [2.24, 2.45) is 0 Å². The van der Waals surface area contributed by atoms with Crippen molar-refractivity contribution in [1.29, 1.82) is 0 Å². The summed E-state index contributed by atoms with van der Waals surface area (Å²) in [4.78, 5) is 15.6. The summed E-state index contributed by atoms with van der Waals surface area (Å²) in [6, 6.07) is 1.65. The fourth-order valence-corrected chi connectivity index (χ4v) is 0.865. The predicted octanol–water partition coefficient (Wildman–Crippen LogP) is -0.557. The molecule has 1 aromatic heterocycles. The van der Waals surface area contributed by atoms with Gasteiger partial charge in [0.2, 0.25) is 0 Å². The molecule has 5 nitrogen and oxygen atoms in total. The van der Waals surface area contributed by atoms with Gasteiger partial charge in [-0.3, -0.25) is 4.79 Å². The molecule has 0 fully saturated rings. The maximum absolute atomic E-state index is 10.7. The molecular formula is C6H5N3O2. The Kier molecular flexibility index (Phi) is 1.21. The molecule has 0 atom stereocenters. The molecule has 0 aromatic carbocycles. The van der Waals surface area contributed by atoms with Crippen molar-refractivity contribution in [2.75, 3.05) is 0 Å². The number of nitrogens with zero attached hydrogens (tertiary/aromatic N) is 2. The van der Waals surface area contributed by atoms with Crippen molar-refractivity contribution in [3.63, 3.8) is 0 Å². The summed E-state index contributed by atoms with van der Waals surface area (Å²) in [5.74, 6) is 0.373. The van der Waals surface area contributed by atoms with Crippen LogP contribution in [0, 0.1) is 0 Å². The lowest BCUT2D eigenvalue weighted by molar-refractivity contribution is -0.128. The number of hydroxylamine groups is 1. The molecule has 0 saturated carbocycles. The summed E-state index contributed by atoms with van der Waals surface area (Å²) in [7, 11) is 0. The summed E-state index contributed by atoms with van der Waals surface area (Å²) >= 11 is 0. The molecule has 1 aromatic rings. The van der Waals surface area contributed by atoms with Crippen LogP contribution >= 0.6 is 0 Å². The lowest BCUT2D eigenvalue weighted by atomic mass is 10.2. The van der Waals surface area contributed by atoms with Crippen LogP contribution < -0.4 is 10.3 Å². The molecule has 0 radical (unpaired) electrons. The Balaban J connectivity index is 2.41. The summed E-state index contributed by atoms with van der Waals surface area (Å²) in [6.45, 7) is 0. The molecule has 0 saturated heterocycles. The number of rotatable bonds is 0. The second-order valence-electron chi connectivity index (χ2n) is 2.15. The first-order chi connectivity index (χ1) is 5.36. The molecule has 11 heavy (non-hydrogen) atoms. The number of hydrogen-bond donors (Lipinski definition) is 1. The SMILES string of the molecule is O=C1Cc2nnccc2ON1. The van der Waals surface area contributed by atoms with E-state index in [1.54, 1.807) is 6.07 Å². The van der Waals surface area contributed by atoms with E-state index >= 15 is 0 Å². The highest BCUT2D eigenvalue weighted by Gasteiger charge is 2.16. The second kappa shape index (κ2) is 2.19. The average Bonchev–Trinajstić information content (AvgIpc) is 2.04. The van der Waals surface area contributed by atoms with Crippen LogP contribution in [0.4, 0.5) is 0 Å². The molecule has 2 rings (SSSR count). The topological polar surface area (TPSA) is 64.1 Å². The standard InChI is InChI=1S/C6H5N3O2/c10-6-3-4-5(11-9-6)1-2-7-8-4/h1-2H,3H2,(H,9,10). The van der Waals surface area contributed by atoms with Gasteiger partial charge in [-0.15, -0.1) is 0 Å². The van der Waals surface area contributed by atoms with Gasteiger partial charge in [0.1, 0.15) is 5.69 Å². The van der Waals surface area contributed by atoms with Crippen LogP contribution in [-0.4, -0.2) is 16.1 Å². The highest BCUT2D eigenvalue weighted by molar-refractivity contribution is 5.79. The van der Waals surface area contributed by atoms with Crippen molar-refractivity contribution >= 4 is 5.91 Å². The van der Waals surface area contributed by atoms with E-state index in [1.165, 1.54) is 6.20 Å². The number of aromatic nitrogens is 2. The van der Waals surface area contributed by atoms with E-state index in [4.69, 9.17) is 4.84 Å². The minimum Gasteiger partial charge on any atom is -0.377 e. The quantitative estimate of drug-likeness (QED) is 0.540. The first-order valence-corrected chi connectivity index (χ1v) is 3.12. The molecule has 0 spiro atoms. The van der Waals surface area contributed by atoms with Crippen molar-refractivity contribution in [2.45, 2.75) is 6.42 Å². The lowest BCUT2D eigenvalue weighted by Gasteiger charge is -2.13. The van der Waals surface area contributed by atoms with Gasteiger partial charge in [0.05, 0.1) is 12.6 Å². The van der Waals surface area contributed by atoms with E-state index in [-0.39, 0.29) is 12.3 Å². The molecule has 2 heterocycles. The second-order valence-corrected chi connectivity index (χ2v) is 2.15. The molecule has 0 unspecified atom stereocenters. The van der Waals surface area contributed by atoms with E-state index in [0.717, 1.165) is 0 Å². The van der Waals surface area contributed by atoms with Gasteiger partial charge in [-0.2, -0.15) is 15.7 Å². The minimum absolute atomic E-state index is 0.196. The Morgan fingerprint density at radius 1 is 1.64 bits per heavy atom. The van der Waals surface area contributed by atoms with E-state index in [2.05, 4.69) is 15.7 Å². The van der Waals surface area contributed by atoms with E-state index < -0.39 is 0 Å². The van der Waals surface area contributed by atoms with Gasteiger partial charge < -0.3 is 4.84 Å². The summed E-state index contributed by atoms with van der Waals surface area (Å²) in [6.07, 6.45) is 1.75. The van der Waals surface area contributed by atoms with Gasteiger partial charge in [0, 0.05) is 6.07 Å². The third-order valence-electron chi connectivity index (χ3n) is 1.36. The maximum atomic E-state index is 10.7. The Morgan fingerprint density at radius 2 is 2.55 bits per heavy atom. The highest BCUT2D eigenvalue weighted by atomic mass is 16.7. The van der Waals surface area contributed by atoms with Crippen LogP contribution in [-0.2, 0) is 11.2 Å². The van der Waals surface area contributed by atoms with Crippen LogP contribution in [0.2, 0.25) is 0 Å². The fourth-order valence-electron chi connectivity index (χ4n) is 0.865. The maximum Gasteiger partial charge on any atom is 0.258 e. The fraction of sp³-hybridized carbons (Fsp3) is 0.167. The molecule has 1 N–H and O–H groups in total. The summed E-state index contributed by atoms with van der Waals surface area (Å²) < 4.78 is 0. The molecule has 0 bridgehead atoms. The van der Waals surface area contributed by atoms with Crippen LogP contribution in [0.1, 0.15) is 5.69 Å². The zero-order chi connectivity index (χ0) is 7.68. The zero-order valence-electron chi connectivity index (χ0n) is 5.57. The molecule has 1 aliphatic heterocycles. The molecule has 0 aliphatic carbocycles. The molecule has 1 amide bonds. The Morgan fingerprint density at radius 3 is 3.45 bits per heavy atom. The Hall–Kier alpha value is -1.65. The number of amides is 1. The van der Waals surface area contributed by atoms with Crippen LogP contribution in [0.3, 0.4) is 0 Å². The number of carbonyl (C=O) groups is 1. The van der Waals surface area contributed by atoms with Crippen LogP contribution in [0.15, 0.2) is 12.3 Å². The van der Waals surface area contributed by atoms with Gasteiger partial charge in [-0.25, -0.2) is 0 Å². The van der Waals surface area contributed by atoms with Gasteiger partial charge in [-0.05, 0) is 0 Å². The van der Waals surface area contributed by atoms with Gasteiger partial charge in [0.25, 0.3) is 5.91 Å². The summed E-state index contributed by atoms with van der Waals surface area (Å²) in [5.41, 5.74) is 2.81. The van der Waals surface area contributed by atoms with E-state index in [9.17, 15) is 4.79 Å². The van der Waals surface area contributed by atoms with Gasteiger partial charge >= 0.3 is 0 Å². The number of nitrogens with one attached hydrogen (secondary N) is 1. The van der Waals surface area contributed by atoms with E-state index in [0.29, 0.717) is 11.4 Å². The Bertz CT molecular complexity index is 300. The van der Waals surface area contributed by atoms with Crippen molar-refractivity contribution in [1.82, 2.24) is 15.7 Å². The monoisotopic (exact) mass is 151 g/mol. The van der Waals surface area contributed by atoms with Crippen molar-refractivity contribution in [3.8, 4) is 5.75 Å². The molecule has 56 valence electrons. The van der Waals surface area contributed by atoms with Crippen molar-refractivity contribution in [3.05, 3.63) is 18.0 Å². The Labute approximate surface area is 62.3 Å². The first-order valence-electron chi connectivity index (χ1n) is 3.12. The minimum atomic E-state index is -0.196. The molecule has 1 aliphatic rings. The normalized spacial score (nSPS) is 14.7. The average molecular weight is 151 g/mol. The smallest absolute Gasteiger partial charge is 0.258 e.